The molecule has 1 saturated carbocycles. The number of sulfone groups is 1. The zero-order chi connectivity index (χ0) is 18.4. The van der Waals surface area contributed by atoms with Gasteiger partial charge in [-0.05, 0) is 23.6 Å². The molecule has 2 atom stereocenters. The molecule has 136 valence electrons. The van der Waals surface area contributed by atoms with E-state index < -0.39 is 33.1 Å². The van der Waals surface area contributed by atoms with Gasteiger partial charge in [0.05, 0.1) is 23.3 Å². The number of carboxylic acid groups (broad SMARTS) is 1. The summed E-state index contributed by atoms with van der Waals surface area (Å²) in [6.45, 7) is 4.41. The maximum absolute atomic E-state index is 12.4. The van der Waals surface area contributed by atoms with Crippen molar-refractivity contribution >= 4 is 33.1 Å². The lowest BCUT2D eigenvalue weighted by atomic mass is 10.1. The van der Waals surface area contributed by atoms with Crippen LogP contribution in [0.2, 0.25) is 0 Å². The van der Waals surface area contributed by atoms with Crippen molar-refractivity contribution in [3.05, 3.63) is 24.3 Å². The molecule has 1 aliphatic carbocycles. The highest BCUT2D eigenvalue weighted by Crippen LogP contribution is 2.58. The van der Waals surface area contributed by atoms with Gasteiger partial charge in [-0.3, -0.25) is 9.59 Å². The quantitative estimate of drug-likeness (QED) is 0.830. The molecule has 2 fully saturated rings. The van der Waals surface area contributed by atoms with Crippen LogP contribution in [0.3, 0.4) is 0 Å². The van der Waals surface area contributed by atoms with Crippen LogP contribution in [0.5, 0.6) is 0 Å². The Balaban J connectivity index is 1.69. The van der Waals surface area contributed by atoms with E-state index in [9.17, 15) is 23.1 Å². The van der Waals surface area contributed by atoms with E-state index >= 15 is 0 Å². The average Bonchev–Trinajstić information content (AvgIpc) is 3.10. The second-order valence-electron chi connectivity index (χ2n) is 7.29. The van der Waals surface area contributed by atoms with Crippen molar-refractivity contribution in [2.24, 2.45) is 17.3 Å². The summed E-state index contributed by atoms with van der Waals surface area (Å²) in [5.41, 5.74) is 0.884. The van der Waals surface area contributed by atoms with Crippen LogP contribution in [-0.2, 0) is 19.4 Å². The van der Waals surface area contributed by atoms with Crippen LogP contribution in [0.15, 0.2) is 24.3 Å². The van der Waals surface area contributed by atoms with Crippen LogP contribution in [0.25, 0.3) is 0 Å². The molecule has 1 aliphatic heterocycles. The van der Waals surface area contributed by atoms with E-state index in [4.69, 9.17) is 0 Å². The minimum Gasteiger partial charge on any atom is -0.481 e. The molecule has 1 heterocycles. The molecule has 25 heavy (non-hydrogen) atoms. The summed E-state index contributed by atoms with van der Waals surface area (Å²) in [5, 5.41) is 12.0. The van der Waals surface area contributed by atoms with Crippen LogP contribution >= 0.6 is 0 Å². The van der Waals surface area contributed by atoms with E-state index in [1.807, 2.05) is 11.0 Å². The lowest BCUT2D eigenvalue weighted by molar-refractivity contribution is -0.140. The molecule has 1 aromatic rings. The summed E-state index contributed by atoms with van der Waals surface area (Å²) in [6.07, 6.45) is 0. The highest BCUT2D eigenvalue weighted by molar-refractivity contribution is 7.91. The summed E-state index contributed by atoms with van der Waals surface area (Å²) in [4.78, 5) is 25.6. The third-order valence-electron chi connectivity index (χ3n) is 5.20. The zero-order valence-electron chi connectivity index (χ0n) is 14.2. The van der Waals surface area contributed by atoms with Gasteiger partial charge in [-0.25, -0.2) is 8.42 Å². The number of hydrogen-bond acceptors (Lipinski definition) is 5. The summed E-state index contributed by atoms with van der Waals surface area (Å²) in [7, 11) is -2.95. The molecule has 7 nitrogen and oxygen atoms in total. The molecule has 0 bridgehead atoms. The van der Waals surface area contributed by atoms with E-state index in [-0.39, 0.29) is 17.4 Å². The first-order chi connectivity index (χ1) is 11.6. The second-order valence-corrected chi connectivity index (χ2v) is 9.60. The summed E-state index contributed by atoms with van der Waals surface area (Å²) in [5.74, 6) is -2.21. The van der Waals surface area contributed by atoms with Crippen molar-refractivity contribution in [3.8, 4) is 0 Å². The van der Waals surface area contributed by atoms with Gasteiger partial charge in [0.1, 0.15) is 0 Å². The minimum atomic E-state index is -2.95. The highest BCUT2D eigenvalue weighted by Gasteiger charge is 2.65. The number of carboxylic acids is 1. The third-order valence-corrected chi connectivity index (χ3v) is 6.81. The number of carbonyl (C=O) groups is 2. The lowest BCUT2D eigenvalue weighted by Gasteiger charge is -2.29. The standard InChI is InChI=1S/C17H22N2O5S/c1-17(2)13(14(17)16(21)22)15(20)18-11-4-3-5-12(10-11)19-6-8-25(23,24)9-7-19/h3-5,10,13-14H,6-9H2,1-2H3,(H,18,20)(H,21,22)/t13-,14+/m1/s1. The van der Waals surface area contributed by atoms with Gasteiger partial charge in [0.2, 0.25) is 5.91 Å². The number of anilines is 2. The van der Waals surface area contributed by atoms with Crippen molar-refractivity contribution < 1.29 is 23.1 Å². The van der Waals surface area contributed by atoms with Crippen molar-refractivity contribution in [1.29, 1.82) is 0 Å². The molecule has 1 aromatic carbocycles. The van der Waals surface area contributed by atoms with Crippen LogP contribution in [0.1, 0.15) is 13.8 Å². The molecule has 0 aromatic heterocycles. The van der Waals surface area contributed by atoms with E-state index in [2.05, 4.69) is 5.32 Å². The van der Waals surface area contributed by atoms with Gasteiger partial charge in [-0.1, -0.05) is 19.9 Å². The monoisotopic (exact) mass is 366 g/mol. The van der Waals surface area contributed by atoms with Crippen molar-refractivity contribution in [2.75, 3.05) is 34.8 Å². The van der Waals surface area contributed by atoms with Crippen LogP contribution < -0.4 is 10.2 Å². The van der Waals surface area contributed by atoms with Gasteiger partial charge in [0, 0.05) is 24.5 Å². The Hall–Kier alpha value is -2.09. The number of hydrogen-bond donors (Lipinski definition) is 2. The summed E-state index contributed by atoms with van der Waals surface area (Å²) >= 11 is 0. The number of nitrogens with one attached hydrogen (secondary N) is 1. The average molecular weight is 366 g/mol. The predicted molar refractivity (Wildman–Crippen MR) is 94.3 cm³/mol. The fourth-order valence-corrected chi connectivity index (χ4v) is 4.76. The molecule has 2 aliphatic rings. The molecule has 0 radical (unpaired) electrons. The smallest absolute Gasteiger partial charge is 0.307 e. The SMILES string of the molecule is CC1(C)[C@H](C(=O)O)[C@@H]1C(=O)Nc1cccc(N2CCS(=O)(=O)CC2)c1. The van der Waals surface area contributed by atoms with Gasteiger partial charge in [0.25, 0.3) is 0 Å². The molecule has 1 amide bonds. The Kier molecular flexibility index (Phi) is 4.26. The van der Waals surface area contributed by atoms with Crippen LogP contribution in [0.4, 0.5) is 11.4 Å². The first kappa shape index (κ1) is 17.7. The topological polar surface area (TPSA) is 104 Å². The van der Waals surface area contributed by atoms with Crippen molar-refractivity contribution in [3.63, 3.8) is 0 Å². The number of aliphatic carboxylic acids is 1. The van der Waals surface area contributed by atoms with Gasteiger partial charge >= 0.3 is 5.97 Å². The van der Waals surface area contributed by atoms with E-state index in [1.165, 1.54) is 0 Å². The van der Waals surface area contributed by atoms with Crippen molar-refractivity contribution in [2.45, 2.75) is 13.8 Å². The van der Waals surface area contributed by atoms with Gasteiger partial charge < -0.3 is 15.3 Å². The van der Waals surface area contributed by atoms with Crippen LogP contribution in [0, 0.1) is 17.3 Å². The number of rotatable bonds is 4. The molecule has 3 rings (SSSR count). The zero-order valence-corrected chi connectivity index (χ0v) is 15.0. The predicted octanol–water partition coefficient (Wildman–Crippen LogP) is 1.22. The Morgan fingerprint density at radius 1 is 1.20 bits per heavy atom. The molecule has 0 unspecified atom stereocenters. The molecular weight excluding hydrogens is 344 g/mol. The largest absolute Gasteiger partial charge is 0.481 e. The van der Waals surface area contributed by atoms with Crippen LogP contribution in [-0.4, -0.2) is 50.0 Å². The maximum atomic E-state index is 12.4. The summed E-state index contributed by atoms with van der Waals surface area (Å²) in [6, 6.07) is 7.20. The van der Waals surface area contributed by atoms with Gasteiger partial charge in [-0.2, -0.15) is 0 Å². The van der Waals surface area contributed by atoms with E-state index in [0.29, 0.717) is 18.8 Å². The van der Waals surface area contributed by atoms with Crippen molar-refractivity contribution in [1.82, 2.24) is 0 Å². The molecular formula is C17H22N2O5S. The fourth-order valence-electron chi connectivity index (χ4n) is 3.56. The summed E-state index contributed by atoms with van der Waals surface area (Å²) < 4.78 is 23.1. The Bertz CT molecular complexity index is 804. The number of carbonyl (C=O) groups excluding carboxylic acids is 1. The first-order valence-electron chi connectivity index (χ1n) is 8.21. The number of benzene rings is 1. The Morgan fingerprint density at radius 3 is 2.40 bits per heavy atom. The maximum Gasteiger partial charge on any atom is 0.307 e. The van der Waals surface area contributed by atoms with Gasteiger partial charge in [-0.15, -0.1) is 0 Å². The number of nitrogens with zero attached hydrogens (tertiary/aromatic N) is 1. The second kappa shape index (κ2) is 6.01. The first-order valence-corrected chi connectivity index (χ1v) is 10.0. The molecule has 2 N–H and O–H groups in total. The highest BCUT2D eigenvalue weighted by atomic mass is 32.2. The Labute approximate surface area is 146 Å². The molecule has 8 heteroatoms. The van der Waals surface area contributed by atoms with E-state index in [0.717, 1.165) is 5.69 Å². The van der Waals surface area contributed by atoms with Gasteiger partial charge in [0.15, 0.2) is 9.84 Å². The molecule has 1 saturated heterocycles. The third kappa shape index (κ3) is 3.49. The van der Waals surface area contributed by atoms with E-state index in [1.54, 1.807) is 32.0 Å². The Morgan fingerprint density at radius 2 is 1.84 bits per heavy atom. The fraction of sp³-hybridized carbons (Fsp3) is 0.529. The number of amides is 1. The molecule has 0 spiro atoms. The minimum absolute atomic E-state index is 0.125. The normalized spacial score (nSPS) is 26.7. The lowest BCUT2D eigenvalue weighted by Crippen LogP contribution is -2.40.